The first-order chi connectivity index (χ1) is 23.4. The van der Waals surface area contributed by atoms with Gasteiger partial charge in [-0.3, -0.25) is 0 Å². The summed E-state index contributed by atoms with van der Waals surface area (Å²) in [6, 6.07) is 50.2. The van der Waals surface area contributed by atoms with Gasteiger partial charge in [0.05, 0.1) is 11.4 Å². The highest BCUT2D eigenvalue weighted by molar-refractivity contribution is 6.05. The molecular formula is C46H35N. The molecule has 6 aromatic rings. The summed E-state index contributed by atoms with van der Waals surface area (Å²) in [5.41, 5.74) is 20.4. The zero-order valence-corrected chi connectivity index (χ0v) is 26.4. The van der Waals surface area contributed by atoms with Gasteiger partial charge in [-0.1, -0.05) is 127 Å². The number of hydrogen-bond donors (Lipinski definition) is 0. The number of rotatable bonds is 4. The van der Waals surface area contributed by atoms with Crippen molar-refractivity contribution >= 4 is 22.6 Å². The first-order valence-electron chi connectivity index (χ1n) is 17.2. The lowest BCUT2D eigenvalue weighted by Crippen LogP contribution is -2.17. The second-order valence-electron chi connectivity index (χ2n) is 13.4. The Morgan fingerprint density at radius 3 is 2.11 bits per heavy atom. The summed E-state index contributed by atoms with van der Waals surface area (Å²) in [5, 5.41) is 0. The van der Waals surface area contributed by atoms with Crippen LogP contribution in [0.2, 0.25) is 0 Å². The first kappa shape index (κ1) is 26.8. The van der Waals surface area contributed by atoms with Crippen molar-refractivity contribution in [3.05, 3.63) is 180 Å². The highest BCUT2D eigenvalue weighted by Gasteiger charge is 2.41. The van der Waals surface area contributed by atoms with Crippen LogP contribution in [-0.4, -0.2) is 0 Å². The third-order valence-corrected chi connectivity index (χ3v) is 11.0. The Morgan fingerprint density at radius 2 is 1.17 bits per heavy atom. The standard InChI is InChI=1S/C46H35N/c1-2-16-31(17-3-1)47(42-28-9-8-20-35(42)33-22-10-15-30-14-4-5-18-32(30)33)43-29-13-27-41-45-37-23-11-24-38(45)39-25-12-26-40(46(41)43)44(39)36-21-7-6-19-34(36)37/h1-3,6-13,15-17,19-29,39,44H,4-5,14,18H2. The fourth-order valence-electron chi connectivity index (χ4n) is 9.11. The third kappa shape index (κ3) is 3.96. The molecule has 4 aliphatic carbocycles. The lowest BCUT2D eigenvalue weighted by Gasteiger charge is -2.35. The molecule has 2 atom stereocenters. The van der Waals surface area contributed by atoms with Crippen LogP contribution in [0.3, 0.4) is 0 Å². The van der Waals surface area contributed by atoms with Crippen molar-refractivity contribution in [3.63, 3.8) is 0 Å². The molecule has 224 valence electrons. The minimum absolute atomic E-state index is 0.242. The van der Waals surface area contributed by atoms with Gasteiger partial charge in [0.2, 0.25) is 0 Å². The van der Waals surface area contributed by atoms with Crippen molar-refractivity contribution in [1.82, 2.24) is 0 Å². The average Bonchev–Trinajstić information content (AvgIpc) is 3.25. The summed E-state index contributed by atoms with van der Waals surface area (Å²) >= 11 is 0. The Morgan fingerprint density at radius 1 is 0.489 bits per heavy atom. The maximum absolute atomic E-state index is 2.54. The van der Waals surface area contributed by atoms with E-state index in [-0.39, 0.29) is 5.92 Å². The maximum atomic E-state index is 2.54. The number of fused-ring (bicyclic) bond motifs is 5. The van der Waals surface area contributed by atoms with Crippen molar-refractivity contribution in [2.24, 2.45) is 0 Å². The summed E-state index contributed by atoms with van der Waals surface area (Å²) in [7, 11) is 0. The molecule has 0 spiro atoms. The van der Waals surface area contributed by atoms with Gasteiger partial charge >= 0.3 is 0 Å². The number of hydrogen-bond acceptors (Lipinski definition) is 1. The van der Waals surface area contributed by atoms with Crippen molar-refractivity contribution in [2.45, 2.75) is 37.5 Å². The van der Waals surface area contributed by atoms with Crippen LogP contribution >= 0.6 is 0 Å². The van der Waals surface area contributed by atoms with Gasteiger partial charge in [-0.05, 0) is 106 Å². The molecule has 0 radical (unpaired) electrons. The molecule has 6 bridgehead atoms. The smallest absolute Gasteiger partial charge is 0.0543 e. The molecule has 1 heteroatoms. The summed E-state index contributed by atoms with van der Waals surface area (Å²) in [5.74, 6) is 0.536. The minimum Gasteiger partial charge on any atom is -0.309 e. The molecule has 0 aromatic heterocycles. The summed E-state index contributed by atoms with van der Waals surface area (Å²) in [4.78, 5) is 2.54. The van der Waals surface area contributed by atoms with Crippen LogP contribution in [-0.2, 0) is 12.8 Å². The Labute approximate surface area is 277 Å². The number of anilines is 3. The molecule has 2 unspecified atom stereocenters. The van der Waals surface area contributed by atoms with Gasteiger partial charge in [-0.2, -0.15) is 0 Å². The van der Waals surface area contributed by atoms with Crippen LogP contribution in [0.5, 0.6) is 0 Å². The van der Waals surface area contributed by atoms with Gasteiger partial charge in [-0.25, -0.2) is 0 Å². The van der Waals surface area contributed by atoms with Gasteiger partial charge in [0.25, 0.3) is 0 Å². The minimum atomic E-state index is 0.242. The van der Waals surface area contributed by atoms with E-state index in [0.717, 1.165) is 6.42 Å². The Bertz CT molecular complexity index is 2270. The van der Waals surface area contributed by atoms with Crippen LogP contribution in [0.25, 0.3) is 39.0 Å². The van der Waals surface area contributed by atoms with Crippen LogP contribution in [0.1, 0.15) is 52.5 Å². The van der Waals surface area contributed by atoms with Crippen LogP contribution in [0.4, 0.5) is 17.1 Å². The quantitative estimate of drug-likeness (QED) is 0.194. The molecule has 6 aromatic carbocycles. The van der Waals surface area contributed by atoms with Crippen LogP contribution in [0, 0.1) is 0 Å². The zero-order chi connectivity index (χ0) is 30.9. The molecule has 0 aliphatic heterocycles. The molecule has 4 aliphatic rings. The number of para-hydroxylation sites is 2. The Hall–Kier alpha value is -5.40. The fraction of sp³-hybridized carbons (Fsp3) is 0.130. The topological polar surface area (TPSA) is 3.24 Å². The highest BCUT2D eigenvalue weighted by atomic mass is 15.1. The normalized spacial score (nSPS) is 17.9. The van der Waals surface area contributed by atoms with E-state index in [1.165, 1.54) is 103 Å². The Balaban J connectivity index is 1.29. The van der Waals surface area contributed by atoms with Gasteiger partial charge in [-0.15, -0.1) is 0 Å². The van der Waals surface area contributed by atoms with E-state index in [1.807, 2.05) is 0 Å². The molecule has 0 saturated heterocycles. The molecular weight excluding hydrogens is 567 g/mol. The van der Waals surface area contributed by atoms with E-state index in [9.17, 15) is 0 Å². The predicted octanol–water partition coefficient (Wildman–Crippen LogP) is 12.2. The van der Waals surface area contributed by atoms with E-state index in [0.29, 0.717) is 5.92 Å². The van der Waals surface area contributed by atoms with E-state index in [2.05, 4.69) is 157 Å². The van der Waals surface area contributed by atoms with E-state index in [4.69, 9.17) is 0 Å². The molecule has 1 nitrogen and oxygen atoms in total. The van der Waals surface area contributed by atoms with Crippen LogP contribution in [0.15, 0.2) is 152 Å². The first-order valence-corrected chi connectivity index (χ1v) is 17.2. The molecule has 0 amide bonds. The van der Waals surface area contributed by atoms with E-state index < -0.39 is 0 Å². The Kier molecular flexibility index (Phi) is 6.02. The third-order valence-electron chi connectivity index (χ3n) is 11.0. The highest BCUT2D eigenvalue weighted by Crippen LogP contribution is 2.61. The zero-order valence-electron chi connectivity index (χ0n) is 26.4. The molecule has 47 heavy (non-hydrogen) atoms. The number of allylic oxidation sites excluding steroid dienone is 4. The van der Waals surface area contributed by atoms with Gasteiger partial charge in [0.15, 0.2) is 0 Å². The van der Waals surface area contributed by atoms with Crippen LogP contribution < -0.4 is 4.90 Å². The molecule has 0 N–H and O–H groups in total. The van der Waals surface area contributed by atoms with Crippen molar-refractivity contribution in [2.75, 3.05) is 4.90 Å². The van der Waals surface area contributed by atoms with Gasteiger partial charge < -0.3 is 4.90 Å². The molecule has 10 rings (SSSR count). The number of aryl methyl sites for hydroxylation is 1. The summed E-state index contributed by atoms with van der Waals surface area (Å²) in [6.07, 6.45) is 12.0. The van der Waals surface area contributed by atoms with Crippen molar-refractivity contribution in [3.8, 4) is 33.4 Å². The predicted molar refractivity (Wildman–Crippen MR) is 197 cm³/mol. The number of benzene rings is 6. The summed E-state index contributed by atoms with van der Waals surface area (Å²) < 4.78 is 0. The van der Waals surface area contributed by atoms with Gasteiger partial charge in [0.1, 0.15) is 0 Å². The lowest BCUT2D eigenvalue weighted by molar-refractivity contribution is 0.687. The van der Waals surface area contributed by atoms with E-state index >= 15 is 0 Å². The summed E-state index contributed by atoms with van der Waals surface area (Å²) in [6.45, 7) is 0. The lowest BCUT2D eigenvalue weighted by atomic mass is 9.73. The van der Waals surface area contributed by atoms with E-state index in [1.54, 1.807) is 0 Å². The van der Waals surface area contributed by atoms with Gasteiger partial charge in [0, 0.05) is 28.7 Å². The molecule has 0 heterocycles. The van der Waals surface area contributed by atoms with Crippen molar-refractivity contribution in [1.29, 1.82) is 0 Å². The largest absolute Gasteiger partial charge is 0.309 e. The molecule has 0 saturated carbocycles. The molecule has 0 fully saturated rings. The second kappa shape index (κ2) is 10.6. The van der Waals surface area contributed by atoms with Crippen molar-refractivity contribution < 1.29 is 0 Å². The fourth-order valence-corrected chi connectivity index (χ4v) is 9.11. The SMILES string of the molecule is C1=CC2c3cccc4c3-c3cccc(N(c5ccccc5)c5ccccc5-c5cccc6c5CCCC6)c3C(=C1)C2c1ccccc1-4. The number of nitrogens with zero attached hydrogens (tertiary/aromatic N) is 1. The average molecular weight is 602 g/mol. The monoisotopic (exact) mass is 601 g/mol. The second-order valence-corrected chi connectivity index (χ2v) is 13.4. The maximum Gasteiger partial charge on any atom is 0.0543 e.